The Morgan fingerprint density at radius 2 is 1.44 bits per heavy atom. The number of rotatable bonds is 4. The minimum absolute atomic E-state index is 0.153. The van der Waals surface area contributed by atoms with Crippen molar-refractivity contribution in [3.05, 3.63) is 0 Å². The Morgan fingerprint density at radius 1 is 1.00 bits per heavy atom. The average Bonchev–Trinajstić information content (AvgIpc) is 2.15. The van der Waals surface area contributed by atoms with E-state index in [4.69, 9.17) is 0 Å². The summed E-state index contributed by atoms with van der Waals surface area (Å²) < 4.78 is 5.81. The summed E-state index contributed by atoms with van der Waals surface area (Å²) in [7, 11) is -0.591. The van der Waals surface area contributed by atoms with Crippen LogP contribution in [0.2, 0.25) is 26.2 Å². The highest BCUT2D eigenvalue weighted by Gasteiger charge is 2.28. The zero-order chi connectivity index (χ0) is 12.3. The number of hydrogen-bond acceptors (Lipinski definition) is 2. The van der Waals surface area contributed by atoms with E-state index < -0.39 is 0 Å². The smallest absolute Gasteiger partial charge is 0.159 e. The molecule has 0 spiro atoms. The van der Waals surface area contributed by atoms with Gasteiger partial charge in [-0.15, -0.1) is 0 Å². The highest BCUT2D eigenvalue weighted by molar-refractivity contribution is 6.79. The molecule has 0 saturated carbocycles. The third-order valence-corrected chi connectivity index (χ3v) is 15.1. The van der Waals surface area contributed by atoms with E-state index in [1.54, 1.807) is 0 Å². The molecule has 0 bridgehead atoms. The molecule has 2 unspecified atom stereocenters. The van der Waals surface area contributed by atoms with Gasteiger partial charge in [0.25, 0.3) is 0 Å². The van der Waals surface area contributed by atoms with Crippen LogP contribution in [0.1, 0.15) is 33.1 Å². The highest BCUT2D eigenvalue weighted by Crippen LogP contribution is 2.22. The van der Waals surface area contributed by atoms with Crippen molar-refractivity contribution in [1.82, 2.24) is 8.46 Å². The molecule has 1 rings (SSSR count). The lowest BCUT2D eigenvalue weighted by Crippen LogP contribution is -2.57. The van der Waals surface area contributed by atoms with Crippen molar-refractivity contribution in [2.45, 2.75) is 71.4 Å². The van der Waals surface area contributed by atoms with Crippen LogP contribution in [-0.2, 0) is 0 Å². The molecule has 1 aliphatic heterocycles. The van der Waals surface area contributed by atoms with Gasteiger partial charge in [0.2, 0.25) is 0 Å². The molecule has 5 heteroatoms. The molecule has 0 aromatic carbocycles. The van der Waals surface area contributed by atoms with Crippen molar-refractivity contribution >= 4 is 27.8 Å². The summed E-state index contributed by atoms with van der Waals surface area (Å²) in [4.78, 5) is 0. The first-order chi connectivity index (χ1) is 7.43. The normalized spacial score (nSPS) is 29.1. The maximum Gasteiger partial charge on any atom is 0.159 e. The zero-order valence-corrected chi connectivity index (χ0v) is 15.3. The molecule has 1 saturated heterocycles. The Hall–Kier alpha value is 0.571. The van der Waals surface area contributed by atoms with Crippen LogP contribution < -0.4 is 0 Å². The van der Waals surface area contributed by atoms with Crippen LogP contribution in [0.3, 0.4) is 0 Å². The van der Waals surface area contributed by atoms with E-state index in [0.29, 0.717) is 0 Å². The van der Waals surface area contributed by atoms with Crippen molar-refractivity contribution < 1.29 is 0 Å². The molecule has 0 aliphatic carbocycles. The molecular weight excluding hydrogens is 244 g/mol. The maximum atomic E-state index is 2.94. The zero-order valence-electron chi connectivity index (χ0n) is 11.9. The second kappa shape index (κ2) is 6.49. The van der Waals surface area contributed by atoms with Gasteiger partial charge >= 0.3 is 0 Å². The second-order valence-electron chi connectivity index (χ2n) is 5.61. The Labute approximate surface area is 108 Å². The summed E-state index contributed by atoms with van der Waals surface area (Å²) in [6.07, 6.45) is 4.30. The quantitative estimate of drug-likeness (QED) is 0.723. The third-order valence-electron chi connectivity index (χ3n) is 3.76. The summed E-state index contributed by atoms with van der Waals surface area (Å²) in [5.74, 6) is 0. The molecule has 2 nitrogen and oxygen atoms in total. The topological polar surface area (TPSA) is 6.48 Å². The minimum Gasteiger partial charge on any atom is -0.363 e. The first kappa shape index (κ1) is 14.6. The van der Waals surface area contributed by atoms with E-state index >= 15 is 0 Å². The summed E-state index contributed by atoms with van der Waals surface area (Å²) in [5, 5.41) is 0. The SMILES string of the molecule is CC1CCCC(C)N1[SiH2]N([Si](C)C)[Si](C)C. The van der Waals surface area contributed by atoms with Gasteiger partial charge in [-0.3, -0.25) is 0 Å². The van der Waals surface area contributed by atoms with E-state index in [1.807, 2.05) is 0 Å². The van der Waals surface area contributed by atoms with Crippen LogP contribution >= 0.6 is 0 Å². The van der Waals surface area contributed by atoms with Crippen molar-refractivity contribution in [1.29, 1.82) is 0 Å². The standard InChI is InChI=1S/C11H28N2Si3/c1-10-8-7-9-11(2)12(10)14-13(15(3)4)16(5)6/h10-11H,7-9,14H2,1-6H3. The first-order valence-electron chi connectivity index (χ1n) is 6.57. The fourth-order valence-electron chi connectivity index (χ4n) is 2.65. The van der Waals surface area contributed by atoms with E-state index in [2.05, 4.69) is 48.5 Å². The lowest BCUT2D eigenvalue weighted by Gasteiger charge is -2.43. The Balaban J connectivity index is 2.61. The molecule has 2 radical (unpaired) electrons. The van der Waals surface area contributed by atoms with E-state index in [-0.39, 0.29) is 27.8 Å². The van der Waals surface area contributed by atoms with Gasteiger partial charge in [-0.25, -0.2) is 0 Å². The Morgan fingerprint density at radius 3 is 1.81 bits per heavy atom. The van der Waals surface area contributed by atoms with Gasteiger partial charge in [-0.05, 0) is 12.8 Å². The van der Waals surface area contributed by atoms with E-state index in [9.17, 15) is 0 Å². The second-order valence-corrected chi connectivity index (χ2v) is 13.8. The summed E-state index contributed by atoms with van der Waals surface area (Å²) >= 11 is 0. The molecular formula is C11H28N2Si3. The molecule has 16 heavy (non-hydrogen) atoms. The number of hydrogen-bond donors (Lipinski definition) is 0. The minimum atomic E-state index is -0.219. The maximum absolute atomic E-state index is 2.94. The monoisotopic (exact) mass is 272 g/mol. The largest absolute Gasteiger partial charge is 0.363 e. The number of nitrogens with zero attached hydrogens (tertiary/aromatic N) is 2. The predicted octanol–water partition coefficient (Wildman–Crippen LogP) is 2.05. The molecule has 0 amide bonds. The molecule has 1 heterocycles. The van der Waals surface area contributed by atoms with E-state index in [0.717, 1.165) is 12.1 Å². The molecule has 2 atom stereocenters. The highest BCUT2D eigenvalue weighted by atomic mass is 28.4. The van der Waals surface area contributed by atoms with Gasteiger partial charge in [-0.2, -0.15) is 0 Å². The fraction of sp³-hybridized carbons (Fsp3) is 1.00. The molecule has 94 valence electrons. The van der Waals surface area contributed by atoms with Gasteiger partial charge in [0.1, 0.15) is 17.9 Å². The Bertz CT molecular complexity index is 193. The molecule has 1 aliphatic rings. The van der Waals surface area contributed by atoms with Gasteiger partial charge in [0.05, 0.1) is 0 Å². The van der Waals surface area contributed by atoms with Crippen LogP contribution in [0.25, 0.3) is 0 Å². The van der Waals surface area contributed by atoms with Gasteiger partial charge < -0.3 is 8.46 Å². The van der Waals surface area contributed by atoms with Crippen LogP contribution in [0.4, 0.5) is 0 Å². The van der Waals surface area contributed by atoms with Gasteiger partial charge in [-0.1, -0.05) is 46.5 Å². The molecule has 0 aromatic heterocycles. The fourth-order valence-corrected chi connectivity index (χ4v) is 10.7. The molecule has 0 N–H and O–H groups in total. The molecule has 0 aromatic rings. The van der Waals surface area contributed by atoms with Crippen molar-refractivity contribution in [2.75, 3.05) is 0 Å². The van der Waals surface area contributed by atoms with Crippen LogP contribution in [0, 0.1) is 0 Å². The van der Waals surface area contributed by atoms with Crippen molar-refractivity contribution in [2.24, 2.45) is 0 Å². The van der Waals surface area contributed by atoms with Crippen LogP contribution in [-0.4, -0.2) is 48.3 Å². The first-order valence-corrected chi connectivity index (χ1v) is 12.7. The average molecular weight is 273 g/mol. The van der Waals surface area contributed by atoms with Gasteiger partial charge in [0, 0.05) is 12.1 Å². The van der Waals surface area contributed by atoms with Crippen LogP contribution in [0.15, 0.2) is 0 Å². The van der Waals surface area contributed by atoms with E-state index in [1.165, 1.54) is 19.3 Å². The van der Waals surface area contributed by atoms with Crippen molar-refractivity contribution in [3.63, 3.8) is 0 Å². The summed E-state index contributed by atoms with van der Waals surface area (Å²) in [5.41, 5.74) is 0. The lowest BCUT2D eigenvalue weighted by atomic mass is 10.0. The third kappa shape index (κ3) is 3.80. The predicted molar refractivity (Wildman–Crippen MR) is 80.0 cm³/mol. The lowest BCUT2D eigenvalue weighted by molar-refractivity contribution is 0.201. The summed E-state index contributed by atoms with van der Waals surface area (Å²) in [6.45, 7) is 14.7. The molecule has 1 fully saturated rings. The van der Waals surface area contributed by atoms with Crippen LogP contribution in [0.5, 0.6) is 0 Å². The summed E-state index contributed by atoms with van der Waals surface area (Å²) in [6, 6.07) is 1.70. The van der Waals surface area contributed by atoms with Crippen molar-refractivity contribution in [3.8, 4) is 0 Å². The van der Waals surface area contributed by atoms with Gasteiger partial charge in [0.15, 0.2) is 9.84 Å². The number of piperidine rings is 1. The Kier molecular flexibility index (Phi) is 5.93.